The van der Waals surface area contributed by atoms with Crippen molar-refractivity contribution in [3.63, 3.8) is 0 Å². The van der Waals surface area contributed by atoms with Crippen molar-refractivity contribution >= 4 is 28.4 Å². The van der Waals surface area contributed by atoms with E-state index in [4.69, 9.17) is 0 Å². The first kappa shape index (κ1) is 21.7. The number of fused-ring (bicyclic) bond motifs is 3. The molecule has 2 aliphatic heterocycles. The van der Waals surface area contributed by atoms with Crippen LogP contribution in [0.15, 0.2) is 48.5 Å². The predicted molar refractivity (Wildman–Crippen MR) is 130 cm³/mol. The normalized spacial score (nSPS) is 17.2. The summed E-state index contributed by atoms with van der Waals surface area (Å²) < 4.78 is 0. The number of amides is 2. The van der Waals surface area contributed by atoms with Gasteiger partial charge in [0.05, 0.1) is 25.2 Å². The Morgan fingerprint density at radius 2 is 1.76 bits per heavy atom. The molecule has 0 unspecified atom stereocenters. The van der Waals surface area contributed by atoms with Crippen LogP contribution in [0.2, 0.25) is 0 Å². The van der Waals surface area contributed by atoms with E-state index in [9.17, 15) is 9.59 Å². The number of aromatic amines is 1. The number of likely N-dealkylation sites (N-methyl/N-ethyl adjacent to an activating group) is 1. The van der Waals surface area contributed by atoms with Crippen LogP contribution in [0.3, 0.4) is 0 Å². The van der Waals surface area contributed by atoms with Gasteiger partial charge in [0.2, 0.25) is 11.8 Å². The smallest absolute Gasteiger partial charge is 0.238 e. The van der Waals surface area contributed by atoms with Crippen molar-refractivity contribution in [1.29, 1.82) is 0 Å². The molecule has 7 heteroatoms. The van der Waals surface area contributed by atoms with Gasteiger partial charge >= 0.3 is 0 Å². The fourth-order valence-electron chi connectivity index (χ4n) is 4.90. The van der Waals surface area contributed by atoms with Crippen LogP contribution in [0.5, 0.6) is 0 Å². The molecule has 172 valence electrons. The first-order valence-electron chi connectivity index (χ1n) is 11.7. The molecule has 1 fully saturated rings. The van der Waals surface area contributed by atoms with E-state index in [1.54, 1.807) is 0 Å². The monoisotopic (exact) mass is 445 g/mol. The summed E-state index contributed by atoms with van der Waals surface area (Å²) in [6, 6.07) is 15.9. The molecule has 5 rings (SSSR count). The maximum atomic E-state index is 12.9. The van der Waals surface area contributed by atoms with Gasteiger partial charge in [0.15, 0.2) is 0 Å². The van der Waals surface area contributed by atoms with Gasteiger partial charge in [-0.15, -0.1) is 0 Å². The minimum Gasteiger partial charge on any atom is -0.357 e. The number of hydrogen-bond donors (Lipinski definition) is 2. The Morgan fingerprint density at radius 1 is 0.970 bits per heavy atom. The third kappa shape index (κ3) is 4.79. The zero-order valence-electron chi connectivity index (χ0n) is 19.1. The van der Waals surface area contributed by atoms with Crippen molar-refractivity contribution in [2.75, 3.05) is 51.6 Å². The van der Waals surface area contributed by atoms with Gasteiger partial charge in [-0.1, -0.05) is 36.4 Å². The zero-order valence-corrected chi connectivity index (χ0v) is 19.1. The third-order valence-corrected chi connectivity index (χ3v) is 6.78. The topological polar surface area (TPSA) is 71.7 Å². The number of aromatic nitrogens is 1. The van der Waals surface area contributed by atoms with Crippen LogP contribution in [0.4, 0.5) is 5.69 Å². The average Bonchev–Trinajstić information content (AvgIpc) is 3.20. The Balaban J connectivity index is 1.29. The highest BCUT2D eigenvalue weighted by Gasteiger charge is 2.25. The zero-order chi connectivity index (χ0) is 22.8. The summed E-state index contributed by atoms with van der Waals surface area (Å²) in [5.41, 5.74) is 5.18. The molecule has 0 bridgehead atoms. The third-order valence-electron chi connectivity index (χ3n) is 6.78. The Kier molecular flexibility index (Phi) is 6.15. The fraction of sp³-hybridized carbons (Fsp3) is 0.385. The lowest BCUT2D eigenvalue weighted by molar-refractivity contribution is -0.131. The lowest BCUT2D eigenvalue weighted by atomic mass is 10.0. The SMILES string of the molecule is CN1CCN(CC(=O)Nc2cccc3[nH]c4c(c23)CCN(C(=O)Cc2ccccc2)C4)CC1. The molecule has 33 heavy (non-hydrogen) atoms. The highest BCUT2D eigenvalue weighted by molar-refractivity contribution is 6.04. The molecule has 2 aliphatic rings. The largest absolute Gasteiger partial charge is 0.357 e. The molecule has 3 aromatic rings. The molecule has 0 spiro atoms. The summed E-state index contributed by atoms with van der Waals surface area (Å²) in [5, 5.41) is 4.23. The van der Waals surface area contributed by atoms with Crippen LogP contribution in [-0.2, 0) is 29.0 Å². The van der Waals surface area contributed by atoms with Gasteiger partial charge in [0.25, 0.3) is 0 Å². The van der Waals surface area contributed by atoms with E-state index in [0.29, 0.717) is 26.1 Å². The average molecular weight is 446 g/mol. The molecular weight excluding hydrogens is 414 g/mol. The predicted octanol–water partition coefficient (Wildman–Crippen LogP) is 2.48. The van der Waals surface area contributed by atoms with Crippen LogP contribution in [0.1, 0.15) is 16.8 Å². The number of H-pyrrole nitrogens is 1. The van der Waals surface area contributed by atoms with Crippen molar-refractivity contribution < 1.29 is 9.59 Å². The van der Waals surface area contributed by atoms with Crippen molar-refractivity contribution in [1.82, 2.24) is 19.7 Å². The van der Waals surface area contributed by atoms with Gasteiger partial charge in [-0.3, -0.25) is 14.5 Å². The lowest BCUT2D eigenvalue weighted by Gasteiger charge is -2.31. The quantitative estimate of drug-likeness (QED) is 0.633. The van der Waals surface area contributed by atoms with Crippen LogP contribution in [0.25, 0.3) is 10.9 Å². The van der Waals surface area contributed by atoms with Gasteiger partial charge in [0.1, 0.15) is 0 Å². The van der Waals surface area contributed by atoms with E-state index >= 15 is 0 Å². The van der Waals surface area contributed by atoms with E-state index in [2.05, 4.69) is 27.1 Å². The van der Waals surface area contributed by atoms with E-state index in [0.717, 1.165) is 60.4 Å². The number of piperazine rings is 1. The maximum Gasteiger partial charge on any atom is 0.238 e. The summed E-state index contributed by atoms with van der Waals surface area (Å²) in [7, 11) is 2.11. The molecule has 0 radical (unpaired) electrons. The van der Waals surface area contributed by atoms with Gasteiger partial charge in [-0.25, -0.2) is 0 Å². The van der Waals surface area contributed by atoms with E-state index in [1.807, 2.05) is 53.4 Å². The molecule has 0 saturated carbocycles. The van der Waals surface area contributed by atoms with Crippen LogP contribution in [-0.4, -0.2) is 77.8 Å². The van der Waals surface area contributed by atoms with Crippen molar-refractivity contribution in [3.05, 3.63) is 65.4 Å². The first-order chi connectivity index (χ1) is 16.1. The Bertz CT molecular complexity index is 1150. The Hall–Kier alpha value is -3.16. The molecule has 1 aromatic heterocycles. The first-order valence-corrected chi connectivity index (χ1v) is 11.7. The fourth-order valence-corrected chi connectivity index (χ4v) is 4.90. The molecule has 2 amide bonds. The van der Waals surface area contributed by atoms with Crippen molar-refractivity contribution in [2.45, 2.75) is 19.4 Å². The minimum absolute atomic E-state index is 0.0254. The molecule has 7 nitrogen and oxygen atoms in total. The maximum absolute atomic E-state index is 12.9. The number of anilines is 1. The Morgan fingerprint density at radius 3 is 2.55 bits per heavy atom. The van der Waals surface area contributed by atoms with Gasteiger partial charge in [-0.05, 0) is 36.7 Å². The number of nitrogens with zero attached hydrogens (tertiary/aromatic N) is 3. The summed E-state index contributed by atoms with van der Waals surface area (Å²) >= 11 is 0. The van der Waals surface area contributed by atoms with Gasteiger partial charge in [0, 0.05) is 49.3 Å². The number of carbonyl (C=O) groups is 2. The number of carbonyl (C=O) groups excluding carboxylic acids is 2. The highest BCUT2D eigenvalue weighted by Crippen LogP contribution is 2.33. The second-order valence-corrected chi connectivity index (χ2v) is 9.17. The van der Waals surface area contributed by atoms with E-state index < -0.39 is 0 Å². The number of benzene rings is 2. The second-order valence-electron chi connectivity index (χ2n) is 9.17. The van der Waals surface area contributed by atoms with E-state index in [1.165, 1.54) is 5.56 Å². The minimum atomic E-state index is 0.0254. The number of hydrogen-bond acceptors (Lipinski definition) is 4. The summed E-state index contributed by atoms with van der Waals surface area (Å²) in [5.74, 6) is 0.170. The molecule has 1 saturated heterocycles. The number of nitrogens with one attached hydrogen (secondary N) is 2. The molecule has 2 N–H and O–H groups in total. The molecular formula is C26H31N5O2. The standard InChI is InChI=1S/C26H31N5O2/c1-29-12-14-30(15-13-29)18-24(32)28-22-9-5-8-21-26(22)20-10-11-31(17-23(20)27-21)25(33)16-19-6-3-2-4-7-19/h2-9,27H,10-18H2,1H3,(H,28,32). The summed E-state index contributed by atoms with van der Waals surface area (Å²) in [6.45, 7) is 5.50. The van der Waals surface area contributed by atoms with Crippen molar-refractivity contribution in [2.24, 2.45) is 0 Å². The number of rotatable bonds is 5. The summed E-state index contributed by atoms with van der Waals surface area (Å²) in [6.07, 6.45) is 1.20. The molecule has 0 atom stereocenters. The highest BCUT2D eigenvalue weighted by atomic mass is 16.2. The lowest BCUT2D eigenvalue weighted by Crippen LogP contribution is -2.47. The van der Waals surface area contributed by atoms with Crippen LogP contribution >= 0.6 is 0 Å². The van der Waals surface area contributed by atoms with E-state index in [-0.39, 0.29) is 11.8 Å². The van der Waals surface area contributed by atoms with Gasteiger partial charge < -0.3 is 20.1 Å². The van der Waals surface area contributed by atoms with Crippen molar-refractivity contribution in [3.8, 4) is 0 Å². The molecule has 2 aromatic carbocycles. The second kappa shape index (κ2) is 9.37. The molecule has 3 heterocycles. The molecule has 0 aliphatic carbocycles. The Labute approximate surface area is 194 Å². The van der Waals surface area contributed by atoms with Crippen LogP contribution < -0.4 is 5.32 Å². The van der Waals surface area contributed by atoms with Gasteiger partial charge in [-0.2, -0.15) is 0 Å². The summed E-state index contributed by atoms with van der Waals surface area (Å²) in [4.78, 5) is 35.6. The van der Waals surface area contributed by atoms with Crippen LogP contribution in [0, 0.1) is 0 Å².